The van der Waals surface area contributed by atoms with Crippen LogP contribution in [0.4, 0.5) is 4.79 Å². The largest absolute Gasteiger partial charge is 1.00 e. The predicted octanol–water partition coefficient (Wildman–Crippen LogP) is -0.309. The third-order valence-electron chi connectivity index (χ3n) is 3.72. The normalized spacial score (nSPS) is 15.0. The van der Waals surface area contributed by atoms with Crippen LogP contribution in [0.5, 0.6) is 0 Å². The fraction of sp³-hybridized carbons (Fsp3) is 0.500. The number of hydrogen-bond donors (Lipinski definition) is 0. The highest BCUT2D eigenvalue weighted by molar-refractivity contribution is 6.30. The predicted molar refractivity (Wildman–Crippen MR) is 85.4 cm³/mol. The first-order valence-corrected chi connectivity index (χ1v) is 7.90. The van der Waals surface area contributed by atoms with Crippen molar-refractivity contribution < 1.29 is 26.7 Å². The Morgan fingerprint density at radius 1 is 1.13 bits per heavy atom. The highest BCUT2D eigenvalue weighted by Crippen LogP contribution is 2.12. The monoisotopic (exact) mass is 359 g/mol. The number of ketones is 1. The number of Topliss-reactive ketones (excluding diaryl/α,β-unsaturated/α-hetero) is 1. The molecule has 5 nitrogen and oxygen atoms in total. The second-order valence-corrected chi connectivity index (χ2v) is 5.64. The first kappa shape index (κ1) is 19.7. The molecule has 0 saturated carbocycles. The van der Waals surface area contributed by atoms with E-state index in [0.717, 1.165) is 13.1 Å². The highest BCUT2D eigenvalue weighted by atomic mass is 35.5. The van der Waals surface area contributed by atoms with Gasteiger partial charge in [0.25, 0.3) is 0 Å². The molecule has 0 unspecified atom stereocenters. The molecule has 1 aliphatic heterocycles. The molecule has 0 atom stereocenters. The van der Waals surface area contributed by atoms with Gasteiger partial charge < -0.3 is 22.0 Å². The van der Waals surface area contributed by atoms with Crippen molar-refractivity contribution in [1.29, 1.82) is 0 Å². The van der Waals surface area contributed by atoms with E-state index in [2.05, 4.69) is 4.90 Å². The molecular formula is C16H21Cl2N2O3-. The zero-order valence-corrected chi connectivity index (χ0v) is 14.6. The Morgan fingerprint density at radius 3 is 2.30 bits per heavy atom. The summed E-state index contributed by atoms with van der Waals surface area (Å²) >= 11 is 5.81. The quantitative estimate of drug-likeness (QED) is 0.676. The molecule has 7 heteroatoms. The second kappa shape index (κ2) is 9.75. The molecule has 1 aromatic carbocycles. The lowest BCUT2D eigenvalue weighted by atomic mass is 10.1. The summed E-state index contributed by atoms with van der Waals surface area (Å²) in [5.41, 5.74) is 0.689. The van der Waals surface area contributed by atoms with Crippen molar-refractivity contribution in [2.45, 2.75) is 13.3 Å². The minimum atomic E-state index is -0.251. The molecule has 128 valence electrons. The molecule has 1 heterocycles. The number of ether oxygens (including phenoxy) is 1. The number of piperazine rings is 1. The Kier molecular flexibility index (Phi) is 8.37. The molecule has 0 N–H and O–H groups in total. The molecule has 1 saturated heterocycles. The van der Waals surface area contributed by atoms with Gasteiger partial charge in [-0.05, 0) is 31.2 Å². The van der Waals surface area contributed by atoms with Crippen LogP contribution in [0.15, 0.2) is 24.3 Å². The van der Waals surface area contributed by atoms with Crippen molar-refractivity contribution in [3.8, 4) is 0 Å². The van der Waals surface area contributed by atoms with Crippen molar-refractivity contribution in [1.82, 2.24) is 9.80 Å². The minimum absolute atomic E-state index is 0. The van der Waals surface area contributed by atoms with Gasteiger partial charge in [0, 0.05) is 49.7 Å². The van der Waals surface area contributed by atoms with Crippen LogP contribution in [0.2, 0.25) is 5.02 Å². The van der Waals surface area contributed by atoms with Gasteiger partial charge in [0.2, 0.25) is 0 Å². The van der Waals surface area contributed by atoms with Crippen LogP contribution in [0, 0.1) is 0 Å². The third kappa shape index (κ3) is 6.01. The fourth-order valence-electron chi connectivity index (χ4n) is 2.41. The standard InChI is InChI=1S/C16H21ClN2O3.ClH/c1-2-22-16(21)19-11-9-18(10-12-19)8-7-15(20)13-3-5-14(17)6-4-13;/h3-6H,2,7-12H2,1H3;1H/p-1. The number of carbonyl (C=O) groups excluding carboxylic acids is 2. The molecule has 0 aliphatic carbocycles. The van der Waals surface area contributed by atoms with Gasteiger partial charge in [0.05, 0.1) is 6.61 Å². The van der Waals surface area contributed by atoms with Crippen LogP contribution in [0.1, 0.15) is 23.7 Å². The van der Waals surface area contributed by atoms with Crippen molar-refractivity contribution in [3.05, 3.63) is 34.9 Å². The lowest BCUT2D eigenvalue weighted by Crippen LogP contribution is -3.00. The lowest BCUT2D eigenvalue weighted by Gasteiger charge is -2.33. The summed E-state index contributed by atoms with van der Waals surface area (Å²) in [6.45, 7) is 5.74. The summed E-state index contributed by atoms with van der Waals surface area (Å²) in [5, 5.41) is 0.631. The summed E-state index contributed by atoms with van der Waals surface area (Å²) in [6.07, 6.45) is 0.223. The minimum Gasteiger partial charge on any atom is -1.00 e. The first-order chi connectivity index (χ1) is 10.6. The topological polar surface area (TPSA) is 49.9 Å². The number of benzene rings is 1. The number of amides is 1. The Morgan fingerprint density at radius 2 is 1.74 bits per heavy atom. The molecule has 0 bridgehead atoms. The number of carbonyl (C=O) groups is 2. The van der Waals surface area contributed by atoms with E-state index in [9.17, 15) is 9.59 Å². The van der Waals surface area contributed by atoms with E-state index in [1.54, 1.807) is 36.1 Å². The summed E-state index contributed by atoms with van der Waals surface area (Å²) in [7, 11) is 0. The maximum absolute atomic E-state index is 12.1. The highest BCUT2D eigenvalue weighted by Gasteiger charge is 2.22. The lowest BCUT2D eigenvalue weighted by molar-refractivity contribution is -0.0000200. The van der Waals surface area contributed by atoms with Crippen LogP contribution in [-0.4, -0.2) is 61.0 Å². The molecular weight excluding hydrogens is 339 g/mol. The molecule has 2 rings (SSSR count). The molecule has 1 amide bonds. The van der Waals surface area contributed by atoms with Gasteiger partial charge in [0.1, 0.15) is 0 Å². The molecule has 1 aromatic rings. The Hall–Kier alpha value is -1.30. The Labute approximate surface area is 147 Å². The van der Waals surface area contributed by atoms with Gasteiger partial charge in [0.15, 0.2) is 5.78 Å². The summed E-state index contributed by atoms with van der Waals surface area (Å²) in [4.78, 5) is 27.6. The SMILES string of the molecule is CCOC(=O)N1CCN(CCC(=O)c2ccc(Cl)cc2)CC1.[Cl-]. The van der Waals surface area contributed by atoms with Crippen molar-refractivity contribution in [2.75, 3.05) is 39.3 Å². The number of hydrogen-bond acceptors (Lipinski definition) is 4. The van der Waals surface area contributed by atoms with Crippen LogP contribution in [0.25, 0.3) is 0 Å². The third-order valence-corrected chi connectivity index (χ3v) is 3.97. The van der Waals surface area contributed by atoms with Crippen LogP contribution in [0.3, 0.4) is 0 Å². The van der Waals surface area contributed by atoms with E-state index in [0.29, 0.717) is 43.2 Å². The van der Waals surface area contributed by atoms with E-state index in [4.69, 9.17) is 16.3 Å². The number of nitrogens with zero attached hydrogens (tertiary/aromatic N) is 2. The molecule has 1 fully saturated rings. The van der Waals surface area contributed by atoms with Crippen molar-refractivity contribution >= 4 is 23.5 Å². The van der Waals surface area contributed by atoms with E-state index in [-0.39, 0.29) is 24.3 Å². The van der Waals surface area contributed by atoms with E-state index in [1.165, 1.54) is 0 Å². The average molecular weight is 360 g/mol. The van der Waals surface area contributed by atoms with Gasteiger partial charge in [-0.2, -0.15) is 0 Å². The Bertz CT molecular complexity index is 515. The van der Waals surface area contributed by atoms with Crippen LogP contribution < -0.4 is 12.4 Å². The van der Waals surface area contributed by atoms with Gasteiger partial charge in [-0.1, -0.05) is 11.6 Å². The number of rotatable bonds is 5. The first-order valence-electron chi connectivity index (χ1n) is 7.53. The fourth-order valence-corrected chi connectivity index (χ4v) is 2.53. The van der Waals surface area contributed by atoms with Crippen molar-refractivity contribution in [3.63, 3.8) is 0 Å². The maximum Gasteiger partial charge on any atom is 0.409 e. The summed E-state index contributed by atoms with van der Waals surface area (Å²) in [5.74, 6) is 0.115. The molecule has 23 heavy (non-hydrogen) atoms. The van der Waals surface area contributed by atoms with Crippen LogP contribution >= 0.6 is 11.6 Å². The zero-order chi connectivity index (χ0) is 15.9. The second-order valence-electron chi connectivity index (χ2n) is 5.21. The summed E-state index contributed by atoms with van der Waals surface area (Å²) < 4.78 is 4.99. The Balaban J connectivity index is 0.00000264. The maximum atomic E-state index is 12.1. The van der Waals surface area contributed by atoms with Gasteiger partial charge >= 0.3 is 6.09 Å². The van der Waals surface area contributed by atoms with Gasteiger partial charge in [-0.15, -0.1) is 0 Å². The smallest absolute Gasteiger partial charge is 0.409 e. The van der Waals surface area contributed by atoms with Crippen molar-refractivity contribution in [2.24, 2.45) is 0 Å². The summed E-state index contributed by atoms with van der Waals surface area (Å²) in [6, 6.07) is 6.96. The average Bonchev–Trinajstić information content (AvgIpc) is 2.54. The van der Waals surface area contributed by atoms with E-state index in [1.807, 2.05) is 0 Å². The molecule has 0 spiro atoms. The van der Waals surface area contributed by atoms with E-state index >= 15 is 0 Å². The van der Waals surface area contributed by atoms with E-state index < -0.39 is 0 Å². The van der Waals surface area contributed by atoms with Crippen LogP contribution in [-0.2, 0) is 4.74 Å². The zero-order valence-electron chi connectivity index (χ0n) is 13.1. The molecule has 0 aromatic heterocycles. The molecule has 1 aliphatic rings. The van der Waals surface area contributed by atoms with Gasteiger partial charge in [-0.3, -0.25) is 9.69 Å². The van der Waals surface area contributed by atoms with Gasteiger partial charge in [-0.25, -0.2) is 4.79 Å². The number of halogens is 2. The molecule has 0 radical (unpaired) electrons.